The number of nitrogens with zero attached hydrogens (tertiary/aromatic N) is 3. The minimum Gasteiger partial charge on any atom is -0.355 e. The predicted molar refractivity (Wildman–Crippen MR) is 66.3 cm³/mol. The number of ether oxygens (including phenoxy) is 1. The molecule has 0 unspecified atom stereocenters. The van der Waals surface area contributed by atoms with Gasteiger partial charge in [0.2, 0.25) is 0 Å². The van der Waals surface area contributed by atoms with Crippen LogP contribution in [-0.4, -0.2) is 25.6 Å². The number of rotatable bonds is 2. The highest BCUT2D eigenvalue weighted by Gasteiger charge is 2.27. The average molecular weight is 248 g/mol. The van der Waals surface area contributed by atoms with Gasteiger partial charge in [-0.3, -0.25) is 9.36 Å². The van der Waals surface area contributed by atoms with Crippen molar-refractivity contribution in [2.45, 2.75) is 45.4 Å². The van der Waals surface area contributed by atoms with E-state index < -0.39 is 0 Å². The third-order valence-corrected chi connectivity index (χ3v) is 3.40. The SMILES string of the molecule is CC[C@@H]1CC[C@H](n2cnc3c(=O)[nH]c(C)nc32)O1. The van der Waals surface area contributed by atoms with Gasteiger partial charge in [-0.25, -0.2) is 9.97 Å². The zero-order valence-corrected chi connectivity index (χ0v) is 10.5. The molecule has 0 aliphatic carbocycles. The van der Waals surface area contributed by atoms with E-state index in [1.165, 1.54) is 0 Å². The maximum atomic E-state index is 11.7. The molecule has 6 nitrogen and oxygen atoms in total. The molecule has 0 bridgehead atoms. The molecule has 0 radical (unpaired) electrons. The van der Waals surface area contributed by atoms with Crippen molar-refractivity contribution in [3.05, 3.63) is 22.5 Å². The quantitative estimate of drug-likeness (QED) is 0.874. The van der Waals surface area contributed by atoms with Crippen molar-refractivity contribution in [2.24, 2.45) is 0 Å². The summed E-state index contributed by atoms with van der Waals surface area (Å²) >= 11 is 0. The summed E-state index contributed by atoms with van der Waals surface area (Å²) in [5.41, 5.74) is 0.795. The molecule has 18 heavy (non-hydrogen) atoms. The van der Waals surface area contributed by atoms with Crippen LogP contribution in [0.15, 0.2) is 11.1 Å². The van der Waals surface area contributed by atoms with Crippen LogP contribution in [0.25, 0.3) is 11.2 Å². The van der Waals surface area contributed by atoms with Crippen LogP contribution in [0.2, 0.25) is 0 Å². The molecular weight excluding hydrogens is 232 g/mol. The average Bonchev–Trinajstić information content (AvgIpc) is 2.93. The van der Waals surface area contributed by atoms with Crippen molar-refractivity contribution in [1.82, 2.24) is 19.5 Å². The normalized spacial score (nSPS) is 23.9. The van der Waals surface area contributed by atoms with Crippen molar-refractivity contribution >= 4 is 11.2 Å². The van der Waals surface area contributed by atoms with Gasteiger partial charge in [0.25, 0.3) is 5.56 Å². The Morgan fingerprint density at radius 3 is 3.11 bits per heavy atom. The topological polar surface area (TPSA) is 72.8 Å². The van der Waals surface area contributed by atoms with Gasteiger partial charge >= 0.3 is 0 Å². The molecule has 2 aromatic heterocycles. The molecule has 0 spiro atoms. The van der Waals surface area contributed by atoms with Gasteiger partial charge in [-0.1, -0.05) is 6.92 Å². The van der Waals surface area contributed by atoms with Crippen LogP contribution in [0.4, 0.5) is 0 Å². The predicted octanol–water partition coefficient (Wildman–Crippen LogP) is 1.52. The van der Waals surface area contributed by atoms with Crippen LogP contribution in [0, 0.1) is 6.92 Å². The summed E-state index contributed by atoms with van der Waals surface area (Å²) in [6.45, 7) is 3.88. The number of aryl methyl sites for hydroxylation is 1. The molecule has 3 heterocycles. The molecule has 1 aliphatic heterocycles. The lowest BCUT2D eigenvalue weighted by Crippen LogP contribution is -2.13. The van der Waals surface area contributed by atoms with Gasteiger partial charge in [0, 0.05) is 0 Å². The Morgan fingerprint density at radius 2 is 2.39 bits per heavy atom. The van der Waals surface area contributed by atoms with Crippen molar-refractivity contribution in [3.8, 4) is 0 Å². The van der Waals surface area contributed by atoms with E-state index in [2.05, 4.69) is 21.9 Å². The van der Waals surface area contributed by atoms with Crippen molar-refractivity contribution in [1.29, 1.82) is 0 Å². The number of fused-ring (bicyclic) bond motifs is 1. The number of nitrogens with one attached hydrogen (secondary N) is 1. The monoisotopic (exact) mass is 248 g/mol. The Labute approximate surface area is 104 Å². The van der Waals surface area contributed by atoms with Gasteiger partial charge in [0.1, 0.15) is 12.1 Å². The highest BCUT2D eigenvalue weighted by Crippen LogP contribution is 2.30. The number of aromatic nitrogens is 4. The Kier molecular flexibility index (Phi) is 2.66. The van der Waals surface area contributed by atoms with E-state index in [4.69, 9.17) is 4.74 Å². The number of imidazole rings is 1. The molecule has 96 valence electrons. The molecule has 6 heteroatoms. The second-order valence-electron chi connectivity index (χ2n) is 4.67. The van der Waals surface area contributed by atoms with Crippen LogP contribution >= 0.6 is 0 Å². The Hall–Kier alpha value is -1.69. The molecule has 1 saturated heterocycles. The summed E-state index contributed by atoms with van der Waals surface area (Å²) in [6, 6.07) is 0. The summed E-state index contributed by atoms with van der Waals surface area (Å²) < 4.78 is 7.78. The molecule has 1 fully saturated rings. The molecule has 1 N–H and O–H groups in total. The van der Waals surface area contributed by atoms with E-state index in [1.807, 2.05) is 4.57 Å². The summed E-state index contributed by atoms with van der Waals surface area (Å²) in [6.07, 6.45) is 4.90. The summed E-state index contributed by atoms with van der Waals surface area (Å²) in [5.74, 6) is 0.597. The fourth-order valence-corrected chi connectivity index (χ4v) is 2.44. The molecule has 0 amide bonds. The molecule has 2 aromatic rings. The maximum Gasteiger partial charge on any atom is 0.279 e. The van der Waals surface area contributed by atoms with Gasteiger partial charge in [-0.05, 0) is 26.2 Å². The van der Waals surface area contributed by atoms with E-state index >= 15 is 0 Å². The van der Waals surface area contributed by atoms with Gasteiger partial charge < -0.3 is 9.72 Å². The van der Waals surface area contributed by atoms with Gasteiger partial charge in [-0.2, -0.15) is 0 Å². The first kappa shape index (κ1) is 11.4. The third kappa shape index (κ3) is 1.73. The van der Waals surface area contributed by atoms with Crippen LogP contribution in [0.5, 0.6) is 0 Å². The second kappa shape index (κ2) is 4.20. The van der Waals surface area contributed by atoms with E-state index in [9.17, 15) is 4.79 Å². The highest BCUT2D eigenvalue weighted by atomic mass is 16.5. The number of hydrogen-bond acceptors (Lipinski definition) is 4. The summed E-state index contributed by atoms with van der Waals surface area (Å²) in [5, 5.41) is 0. The lowest BCUT2D eigenvalue weighted by atomic mass is 10.2. The minimum absolute atomic E-state index is 0.0475. The van der Waals surface area contributed by atoms with Crippen LogP contribution in [0.3, 0.4) is 0 Å². The molecular formula is C12H16N4O2. The largest absolute Gasteiger partial charge is 0.355 e. The van der Waals surface area contributed by atoms with Crippen LogP contribution in [0.1, 0.15) is 38.2 Å². The van der Waals surface area contributed by atoms with Crippen molar-refractivity contribution in [2.75, 3.05) is 0 Å². The van der Waals surface area contributed by atoms with Crippen LogP contribution in [-0.2, 0) is 4.74 Å². The van der Waals surface area contributed by atoms with Crippen molar-refractivity contribution in [3.63, 3.8) is 0 Å². The third-order valence-electron chi connectivity index (χ3n) is 3.40. The van der Waals surface area contributed by atoms with Crippen LogP contribution < -0.4 is 5.56 Å². The molecule has 0 saturated carbocycles. The Morgan fingerprint density at radius 1 is 1.56 bits per heavy atom. The summed E-state index contributed by atoms with van der Waals surface area (Å²) in [4.78, 5) is 22.9. The first-order valence-electron chi connectivity index (χ1n) is 6.28. The zero-order valence-electron chi connectivity index (χ0n) is 10.5. The highest BCUT2D eigenvalue weighted by molar-refractivity contribution is 5.69. The molecule has 0 aromatic carbocycles. The van der Waals surface area contributed by atoms with E-state index in [0.717, 1.165) is 19.3 Å². The minimum atomic E-state index is -0.193. The van der Waals surface area contributed by atoms with E-state index in [-0.39, 0.29) is 11.8 Å². The van der Waals surface area contributed by atoms with E-state index in [0.29, 0.717) is 23.1 Å². The molecule has 3 rings (SSSR count). The fourth-order valence-electron chi connectivity index (χ4n) is 2.44. The molecule has 2 atom stereocenters. The van der Waals surface area contributed by atoms with Gasteiger partial charge in [0.05, 0.1) is 12.4 Å². The van der Waals surface area contributed by atoms with Gasteiger partial charge in [0.15, 0.2) is 11.2 Å². The molecule has 1 aliphatic rings. The fraction of sp³-hybridized carbons (Fsp3) is 0.583. The first-order valence-corrected chi connectivity index (χ1v) is 6.28. The van der Waals surface area contributed by atoms with Crippen molar-refractivity contribution < 1.29 is 4.74 Å². The zero-order chi connectivity index (χ0) is 12.7. The first-order chi connectivity index (χ1) is 8.69. The maximum absolute atomic E-state index is 11.7. The summed E-state index contributed by atoms with van der Waals surface area (Å²) in [7, 11) is 0. The number of hydrogen-bond donors (Lipinski definition) is 1. The lowest BCUT2D eigenvalue weighted by Gasteiger charge is -2.14. The smallest absolute Gasteiger partial charge is 0.279 e. The second-order valence-corrected chi connectivity index (χ2v) is 4.67. The number of aromatic amines is 1. The Balaban J connectivity index is 2.05. The standard InChI is InChI=1S/C12H16N4O2/c1-3-8-4-5-9(18-8)16-6-13-10-11(16)14-7(2)15-12(10)17/h6,8-9H,3-5H2,1-2H3,(H,14,15,17)/t8-,9-/m1/s1. The van der Waals surface area contributed by atoms with E-state index in [1.54, 1.807) is 13.3 Å². The number of H-pyrrole nitrogens is 1. The Bertz CT molecular complexity index is 631. The lowest BCUT2D eigenvalue weighted by molar-refractivity contribution is 0.00288. The van der Waals surface area contributed by atoms with Gasteiger partial charge in [-0.15, -0.1) is 0 Å².